The Kier molecular flexibility index (Phi) is 8.55. The average Bonchev–Trinajstić information content (AvgIpc) is 2.77. The Balaban J connectivity index is 2.06. The van der Waals surface area contributed by atoms with Crippen LogP contribution in [0.15, 0.2) is 54.6 Å². The van der Waals surface area contributed by atoms with Crippen LogP contribution in [-0.4, -0.2) is 41.0 Å². The standard InChI is InChI=1S/C22H22F3N3O5/c1-13(20(31)32)11-17(26-18(29)19(30)27-28-21(33)22(23,24)25)12-14-7-9-16(10-8-14)15-5-3-2-4-6-15/h2-10,13,17H,11-12H2,1H3,(H,26,29)(H,27,30)(H,28,33)(H,31,32)/t13-,17+/m1/s1. The van der Waals surface area contributed by atoms with Crippen molar-refractivity contribution < 1.29 is 37.5 Å². The molecule has 0 aliphatic carbocycles. The molecule has 4 N–H and O–H groups in total. The van der Waals surface area contributed by atoms with E-state index in [-0.39, 0.29) is 12.8 Å². The molecule has 0 saturated heterocycles. The van der Waals surface area contributed by atoms with Gasteiger partial charge in [0, 0.05) is 6.04 Å². The van der Waals surface area contributed by atoms with Crippen molar-refractivity contribution in [2.24, 2.45) is 5.92 Å². The Morgan fingerprint density at radius 3 is 2.00 bits per heavy atom. The van der Waals surface area contributed by atoms with Crippen LogP contribution in [-0.2, 0) is 25.6 Å². The maximum absolute atomic E-state index is 12.2. The molecular formula is C22H22F3N3O5. The van der Waals surface area contributed by atoms with Gasteiger partial charge in [-0.3, -0.25) is 30.0 Å². The van der Waals surface area contributed by atoms with E-state index >= 15 is 0 Å². The van der Waals surface area contributed by atoms with Gasteiger partial charge in [0.05, 0.1) is 5.92 Å². The number of carbonyl (C=O) groups excluding carboxylic acids is 3. The van der Waals surface area contributed by atoms with Crippen LogP contribution in [0.4, 0.5) is 13.2 Å². The summed E-state index contributed by atoms with van der Waals surface area (Å²) in [7, 11) is 0. The molecule has 0 fully saturated rings. The van der Waals surface area contributed by atoms with E-state index in [4.69, 9.17) is 0 Å². The van der Waals surface area contributed by atoms with Gasteiger partial charge in [0.15, 0.2) is 0 Å². The molecule has 33 heavy (non-hydrogen) atoms. The number of rotatable bonds is 7. The van der Waals surface area contributed by atoms with Crippen LogP contribution in [0.3, 0.4) is 0 Å². The van der Waals surface area contributed by atoms with E-state index in [1.165, 1.54) is 12.3 Å². The molecule has 2 aromatic carbocycles. The van der Waals surface area contributed by atoms with Gasteiger partial charge in [0.2, 0.25) is 0 Å². The molecule has 176 valence electrons. The lowest BCUT2D eigenvalue weighted by atomic mass is 9.95. The quantitative estimate of drug-likeness (QED) is 0.369. The minimum absolute atomic E-state index is 0.0380. The van der Waals surface area contributed by atoms with Crippen molar-refractivity contribution >= 4 is 23.7 Å². The van der Waals surface area contributed by atoms with Gasteiger partial charge in [0.25, 0.3) is 0 Å². The van der Waals surface area contributed by atoms with Crippen molar-refractivity contribution in [1.29, 1.82) is 0 Å². The van der Waals surface area contributed by atoms with Crippen LogP contribution in [0.25, 0.3) is 11.1 Å². The summed E-state index contributed by atoms with van der Waals surface area (Å²) in [5, 5.41) is 11.5. The van der Waals surface area contributed by atoms with E-state index in [0.717, 1.165) is 22.1 Å². The lowest BCUT2D eigenvalue weighted by Gasteiger charge is -2.21. The summed E-state index contributed by atoms with van der Waals surface area (Å²) in [4.78, 5) is 45.8. The maximum atomic E-state index is 12.2. The van der Waals surface area contributed by atoms with E-state index < -0.39 is 41.8 Å². The first-order valence-electron chi connectivity index (χ1n) is 9.82. The molecule has 11 heteroatoms. The third-order valence-corrected chi connectivity index (χ3v) is 4.69. The van der Waals surface area contributed by atoms with E-state index in [2.05, 4.69) is 5.32 Å². The summed E-state index contributed by atoms with van der Waals surface area (Å²) in [6.07, 6.45) is -5.11. The largest absolute Gasteiger partial charge is 0.481 e. The average molecular weight is 465 g/mol. The summed E-state index contributed by atoms with van der Waals surface area (Å²) in [6.45, 7) is 1.42. The number of aliphatic carboxylic acids is 1. The highest BCUT2D eigenvalue weighted by Crippen LogP contribution is 2.20. The van der Waals surface area contributed by atoms with Crippen molar-refractivity contribution in [3.8, 4) is 11.1 Å². The SMILES string of the molecule is C[C@H](C[C@@H](Cc1ccc(-c2ccccc2)cc1)NC(=O)C(=O)NNC(=O)C(F)(F)F)C(=O)O. The zero-order valence-corrected chi connectivity index (χ0v) is 17.5. The molecular weight excluding hydrogens is 443 g/mol. The molecule has 0 radical (unpaired) electrons. The van der Waals surface area contributed by atoms with Crippen LogP contribution in [0.1, 0.15) is 18.9 Å². The topological polar surface area (TPSA) is 125 Å². The van der Waals surface area contributed by atoms with Crippen molar-refractivity contribution in [1.82, 2.24) is 16.2 Å². The summed E-state index contributed by atoms with van der Waals surface area (Å²) >= 11 is 0. The van der Waals surface area contributed by atoms with Gasteiger partial charge in [0.1, 0.15) is 0 Å². The second-order valence-electron chi connectivity index (χ2n) is 7.32. The summed E-state index contributed by atoms with van der Waals surface area (Å²) in [6, 6.07) is 16.0. The van der Waals surface area contributed by atoms with Crippen molar-refractivity contribution in [2.75, 3.05) is 0 Å². The molecule has 0 aliphatic rings. The Morgan fingerprint density at radius 2 is 1.45 bits per heavy atom. The number of amides is 3. The Morgan fingerprint density at radius 1 is 0.879 bits per heavy atom. The summed E-state index contributed by atoms with van der Waals surface area (Å²) < 4.78 is 36.6. The van der Waals surface area contributed by atoms with Crippen molar-refractivity contribution in [3.63, 3.8) is 0 Å². The van der Waals surface area contributed by atoms with Crippen LogP contribution in [0.2, 0.25) is 0 Å². The highest BCUT2D eigenvalue weighted by Gasteiger charge is 2.39. The fourth-order valence-electron chi connectivity index (χ4n) is 2.96. The number of carboxylic acid groups (broad SMARTS) is 1. The molecule has 0 unspecified atom stereocenters. The van der Waals surface area contributed by atoms with Gasteiger partial charge < -0.3 is 10.4 Å². The first kappa shape index (κ1) is 25.4. The van der Waals surface area contributed by atoms with Gasteiger partial charge in [-0.25, -0.2) is 0 Å². The lowest BCUT2D eigenvalue weighted by molar-refractivity contribution is -0.175. The van der Waals surface area contributed by atoms with Crippen LogP contribution >= 0.6 is 0 Å². The maximum Gasteiger partial charge on any atom is 0.472 e. The number of halogens is 3. The fourth-order valence-corrected chi connectivity index (χ4v) is 2.96. The Bertz CT molecular complexity index is 995. The van der Waals surface area contributed by atoms with Crippen LogP contribution < -0.4 is 16.2 Å². The molecule has 0 aliphatic heterocycles. The minimum Gasteiger partial charge on any atom is -0.481 e. The normalized spacial score (nSPS) is 12.8. The number of carboxylic acids is 1. The third kappa shape index (κ3) is 7.95. The molecule has 0 saturated carbocycles. The summed E-state index contributed by atoms with van der Waals surface area (Å²) in [5.74, 6) is -7.28. The van der Waals surface area contributed by atoms with E-state index in [1.807, 2.05) is 42.5 Å². The number of alkyl halides is 3. The second kappa shape index (κ2) is 11.1. The number of benzene rings is 2. The second-order valence-corrected chi connectivity index (χ2v) is 7.32. The van der Waals surface area contributed by atoms with Gasteiger partial charge in [-0.15, -0.1) is 0 Å². The predicted molar refractivity (Wildman–Crippen MR) is 111 cm³/mol. The number of nitrogens with one attached hydrogen (secondary N) is 3. The first-order valence-corrected chi connectivity index (χ1v) is 9.82. The predicted octanol–water partition coefficient (Wildman–Crippen LogP) is 2.20. The lowest BCUT2D eigenvalue weighted by Crippen LogP contribution is -2.53. The van der Waals surface area contributed by atoms with Gasteiger partial charge in [-0.1, -0.05) is 61.5 Å². The summed E-state index contributed by atoms with van der Waals surface area (Å²) in [5.41, 5.74) is 5.14. The monoisotopic (exact) mass is 465 g/mol. The fraction of sp³-hybridized carbons (Fsp3) is 0.273. The Hall–Kier alpha value is -3.89. The molecule has 0 bridgehead atoms. The van der Waals surface area contributed by atoms with E-state index in [0.29, 0.717) is 0 Å². The van der Waals surface area contributed by atoms with Gasteiger partial charge in [-0.2, -0.15) is 13.2 Å². The number of hydrogen-bond donors (Lipinski definition) is 4. The van der Waals surface area contributed by atoms with Crippen molar-refractivity contribution in [3.05, 3.63) is 60.2 Å². The van der Waals surface area contributed by atoms with E-state index in [9.17, 15) is 37.5 Å². The molecule has 8 nitrogen and oxygen atoms in total. The third-order valence-electron chi connectivity index (χ3n) is 4.69. The van der Waals surface area contributed by atoms with Crippen LogP contribution in [0.5, 0.6) is 0 Å². The Labute approximate surface area is 187 Å². The van der Waals surface area contributed by atoms with Crippen LogP contribution in [0, 0.1) is 5.92 Å². The molecule has 0 spiro atoms. The zero-order valence-electron chi connectivity index (χ0n) is 17.5. The zero-order chi connectivity index (χ0) is 24.6. The molecule has 0 heterocycles. The number of hydrogen-bond acceptors (Lipinski definition) is 4. The molecule has 3 amide bonds. The number of hydrazine groups is 1. The first-order chi connectivity index (χ1) is 15.5. The highest BCUT2D eigenvalue weighted by molar-refractivity contribution is 6.35. The molecule has 2 atom stereocenters. The number of carbonyl (C=O) groups is 4. The smallest absolute Gasteiger partial charge is 0.472 e. The highest BCUT2D eigenvalue weighted by atomic mass is 19.4. The van der Waals surface area contributed by atoms with Gasteiger partial charge >= 0.3 is 29.9 Å². The molecule has 0 aromatic heterocycles. The van der Waals surface area contributed by atoms with Crippen molar-refractivity contribution in [2.45, 2.75) is 32.0 Å². The minimum atomic E-state index is -5.24. The van der Waals surface area contributed by atoms with Gasteiger partial charge in [-0.05, 0) is 29.5 Å². The molecule has 2 rings (SSSR count). The van der Waals surface area contributed by atoms with E-state index in [1.54, 1.807) is 12.1 Å². The molecule has 2 aromatic rings.